The molecule has 1 aliphatic carbocycles. The van der Waals surface area contributed by atoms with Gasteiger partial charge in [-0.3, -0.25) is 0 Å². The molecule has 0 aromatic carbocycles. The largest absolute Gasteiger partial charge is 0.505 e. The third-order valence-electron chi connectivity index (χ3n) is 2.99. The maximum atomic E-state index is 9.67. The second-order valence-electron chi connectivity index (χ2n) is 4.32. The molecule has 94 valence electrons. The molecule has 0 radical (unpaired) electrons. The van der Waals surface area contributed by atoms with Gasteiger partial charge >= 0.3 is 0 Å². The molecule has 1 unspecified atom stereocenters. The Bertz CT molecular complexity index is 551. The zero-order valence-corrected chi connectivity index (χ0v) is 9.91. The molecular formula is C12H13N3O3. The van der Waals surface area contributed by atoms with E-state index in [9.17, 15) is 5.11 Å². The van der Waals surface area contributed by atoms with Gasteiger partial charge in [-0.05, 0) is 30.9 Å². The lowest BCUT2D eigenvalue weighted by Gasteiger charge is -2.08. The zero-order chi connectivity index (χ0) is 12.5. The van der Waals surface area contributed by atoms with Crippen LogP contribution >= 0.6 is 0 Å². The van der Waals surface area contributed by atoms with Crippen LogP contribution in [-0.4, -0.2) is 27.3 Å². The molecule has 6 heteroatoms. The van der Waals surface area contributed by atoms with Gasteiger partial charge in [0, 0.05) is 13.3 Å². The van der Waals surface area contributed by atoms with Crippen LogP contribution in [-0.2, 0) is 4.74 Å². The lowest BCUT2D eigenvalue weighted by molar-refractivity contribution is 0.0751. The Labute approximate surface area is 104 Å². The van der Waals surface area contributed by atoms with Gasteiger partial charge in [0.25, 0.3) is 5.89 Å². The Morgan fingerprint density at radius 1 is 1.50 bits per heavy atom. The topological polar surface area (TPSA) is 81.3 Å². The normalized spacial score (nSPS) is 16.7. The van der Waals surface area contributed by atoms with Gasteiger partial charge in [0.15, 0.2) is 5.69 Å². The first-order valence-corrected chi connectivity index (χ1v) is 5.80. The second kappa shape index (κ2) is 4.38. The van der Waals surface area contributed by atoms with Crippen molar-refractivity contribution in [1.29, 1.82) is 0 Å². The van der Waals surface area contributed by atoms with Crippen molar-refractivity contribution in [1.82, 2.24) is 15.1 Å². The molecule has 2 aromatic heterocycles. The van der Waals surface area contributed by atoms with E-state index in [1.165, 1.54) is 6.07 Å². The molecular weight excluding hydrogens is 234 g/mol. The number of methoxy groups -OCH3 is 1. The number of aromatic hydroxyl groups is 1. The molecule has 18 heavy (non-hydrogen) atoms. The van der Waals surface area contributed by atoms with Crippen molar-refractivity contribution in [3.63, 3.8) is 0 Å². The van der Waals surface area contributed by atoms with Crippen molar-refractivity contribution in [2.24, 2.45) is 5.92 Å². The van der Waals surface area contributed by atoms with E-state index in [0.717, 1.165) is 12.8 Å². The molecule has 1 N–H and O–H groups in total. The third kappa shape index (κ3) is 1.95. The highest BCUT2D eigenvalue weighted by atomic mass is 16.5. The molecule has 1 saturated carbocycles. The molecule has 3 rings (SSSR count). The van der Waals surface area contributed by atoms with Crippen LogP contribution in [0.25, 0.3) is 11.6 Å². The lowest BCUT2D eigenvalue weighted by Crippen LogP contribution is -2.05. The highest BCUT2D eigenvalue weighted by Crippen LogP contribution is 2.42. The molecule has 2 heterocycles. The SMILES string of the molecule is COC(c1noc(-c2ncccc2O)n1)C1CC1. The molecule has 6 nitrogen and oxygen atoms in total. The number of rotatable bonds is 4. The average Bonchev–Trinajstić information content (AvgIpc) is 3.09. The summed E-state index contributed by atoms with van der Waals surface area (Å²) < 4.78 is 10.5. The fourth-order valence-electron chi connectivity index (χ4n) is 1.92. The van der Waals surface area contributed by atoms with E-state index >= 15 is 0 Å². The fraction of sp³-hybridized carbons (Fsp3) is 0.417. The van der Waals surface area contributed by atoms with Crippen molar-refractivity contribution < 1.29 is 14.4 Å². The van der Waals surface area contributed by atoms with Crippen molar-refractivity contribution >= 4 is 0 Å². The number of hydrogen-bond donors (Lipinski definition) is 1. The highest BCUT2D eigenvalue weighted by molar-refractivity contribution is 5.55. The van der Waals surface area contributed by atoms with E-state index in [1.54, 1.807) is 19.4 Å². The first-order chi connectivity index (χ1) is 8.79. The fourth-order valence-corrected chi connectivity index (χ4v) is 1.92. The van der Waals surface area contributed by atoms with Gasteiger partial charge in [0.05, 0.1) is 0 Å². The molecule has 0 bridgehead atoms. The first-order valence-electron chi connectivity index (χ1n) is 5.80. The second-order valence-corrected chi connectivity index (χ2v) is 4.32. The molecule has 0 saturated heterocycles. The quantitative estimate of drug-likeness (QED) is 0.889. The van der Waals surface area contributed by atoms with Gasteiger partial charge < -0.3 is 14.4 Å². The third-order valence-corrected chi connectivity index (χ3v) is 2.99. The summed E-state index contributed by atoms with van der Waals surface area (Å²) in [6, 6.07) is 3.17. The molecule has 2 aromatic rings. The Morgan fingerprint density at radius 3 is 3.00 bits per heavy atom. The summed E-state index contributed by atoms with van der Waals surface area (Å²) in [5.41, 5.74) is 0.293. The van der Waals surface area contributed by atoms with Crippen molar-refractivity contribution in [3.05, 3.63) is 24.2 Å². The van der Waals surface area contributed by atoms with Crippen molar-refractivity contribution in [3.8, 4) is 17.3 Å². The van der Waals surface area contributed by atoms with Gasteiger partial charge in [-0.25, -0.2) is 4.98 Å². The Balaban J connectivity index is 1.91. The van der Waals surface area contributed by atoms with Crippen LogP contribution in [0.2, 0.25) is 0 Å². The predicted molar refractivity (Wildman–Crippen MR) is 61.7 cm³/mol. The summed E-state index contributed by atoms with van der Waals surface area (Å²) >= 11 is 0. The molecule has 0 amide bonds. The van der Waals surface area contributed by atoms with E-state index in [1.807, 2.05) is 0 Å². The molecule has 1 fully saturated rings. The maximum absolute atomic E-state index is 9.67. The minimum Gasteiger partial charge on any atom is -0.505 e. The number of ether oxygens (including phenoxy) is 1. The zero-order valence-electron chi connectivity index (χ0n) is 9.91. The summed E-state index contributed by atoms with van der Waals surface area (Å²) in [6.07, 6.45) is 3.68. The first kappa shape index (κ1) is 11.2. The van der Waals surface area contributed by atoms with E-state index < -0.39 is 0 Å². The lowest BCUT2D eigenvalue weighted by atomic mass is 10.2. The van der Waals surface area contributed by atoms with E-state index in [4.69, 9.17) is 9.26 Å². The number of hydrogen-bond acceptors (Lipinski definition) is 6. The summed E-state index contributed by atoms with van der Waals surface area (Å²) in [7, 11) is 1.64. The van der Waals surface area contributed by atoms with Crippen LogP contribution in [0.1, 0.15) is 24.8 Å². The van der Waals surface area contributed by atoms with Crippen LogP contribution in [0.15, 0.2) is 22.9 Å². The Hall–Kier alpha value is -1.95. The minimum absolute atomic E-state index is 0.0214. The minimum atomic E-state index is -0.131. The number of aromatic nitrogens is 3. The number of nitrogens with zero attached hydrogens (tertiary/aromatic N) is 3. The van der Waals surface area contributed by atoms with Crippen LogP contribution in [0, 0.1) is 5.92 Å². The molecule has 1 aliphatic rings. The maximum Gasteiger partial charge on any atom is 0.280 e. The van der Waals surface area contributed by atoms with Crippen LogP contribution in [0.5, 0.6) is 5.75 Å². The smallest absolute Gasteiger partial charge is 0.280 e. The van der Waals surface area contributed by atoms with E-state index in [-0.39, 0.29) is 17.7 Å². The van der Waals surface area contributed by atoms with Gasteiger partial charge in [-0.1, -0.05) is 5.16 Å². The van der Waals surface area contributed by atoms with E-state index in [0.29, 0.717) is 17.4 Å². The van der Waals surface area contributed by atoms with Gasteiger partial charge in [-0.15, -0.1) is 0 Å². The van der Waals surface area contributed by atoms with Crippen LogP contribution in [0.3, 0.4) is 0 Å². The monoisotopic (exact) mass is 247 g/mol. The highest BCUT2D eigenvalue weighted by Gasteiger charge is 2.35. The summed E-state index contributed by atoms with van der Waals surface area (Å²) in [4.78, 5) is 8.27. The van der Waals surface area contributed by atoms with Crippen LogP contribution < -0.4 is 0 Å². The van der Waals surface area contributed by atoms with E-state index in [2.05, 4.69) is 15.1 Å². The van der Waals surface area contributed by atoms with Gasteiger partial charge in [0.1, 0.15) is 11.9 Å². The Kier molecular flexibility index (Phi) is 2.71. The van der Waals surface area contributed by atoms with Gasteiger partial charge in [-0.2, -0.15) is 4.98 Å². The molecule has 1 atom stereocenters. The average molecular weight is 247 g/mol. The summed E-state index contributed by atoms with van der Waals surface area (Å²) in [5, 5.41) is 13.6. The number of pyridine rings is 1. The summed E-state index contributed by atoms with van der Waals surface area (Å²) in [6.45, 7) is 0. The molecule has 0 spiro atoms. The summed E-state index contributed by atoms with van der Waals surface area (Å²) in [5.74, 6) is 1.22. The van der Waals surface area contributed by atoms with Crippen molar-refractivity contribution in [2.75, 3.05) is 7.11 Å². The Morgan fingerprint density at radius 2 is 2.33 bits per heavy atom. The van der Waals surface area contributed by atoms with Crippen LogP contribution in [0.4, 0.5) is 0 Å². The van der Waals surface area contributed by atoms with Gasteiger partial charge in [0.2, 0.25) is 5.82 Å². The predicted octanol–water partition coefficient (Wildman–Crippen LogP) is 1.93. The van der Waals surface area contributed by atoms with Crippen molar-refractivity contribution in [2.45, 2.75) is 18.9 Å². The molecule has 0 aliphatic heterocycles. The standard InChI is InChI=1S/C12H13N3O3/c1-17-10(7-4-5-7)11-14-12(18-15-11)9-8(16)3-2-6-13-9/h2-3,6-7,10,16H,4-5H2,1H3.